The molecule has 1 aromatic carbocycles. The van der Waals surface area contributed by atoms with Crippen LogP contribution in [0.5, 0.6) is 0 Å². The van der Waals surface area contributed by atoms with Crippen LogP contribution in [0.3, 0.4) is 0 Å². The lowest BCUT2D eigenvalue weighted by Gasteiger charge is -2.56. The summed E-state index contributed by atoms with van der Waals surface area (Å²) in [5.74, 6) is 3.76. The number of hydrogen-bond donors (Lipinski definition) is 2. The minimum Gasteiger partial charge on any atom is -0.383 e. The zero-order valence-electron chi connectivity index (χ0n) is 26.6. The van der Waals surface area contributed by atoms with Crippen molar-refractivity contribution in [2.45, 2.75) is 65.3 Å². The van der Waals surface area contributed by atoms with Crippen molar-refractivity contribution < 1.29 is 4.79 Å². The number of rotatable bonds is 10. The second-order valence-corrected chi connectivity index (χ2v) is 14.8. The molecule has 0 spiro atoms. The van der Waals surface area contributed by atoms with Gasteiger partial charge in [-0.1, -0.05) is 43.0 Å². The minimum atomic E-state index is -0.210. The number of thiazole rings is 1. The molecule has 0 atom stereocenters. The number of hydrogen-bond acceptors (Lipinski definition) is 7. The van der Waals surface area contributed by atoms with Gasteiger partial charge in [-0.15, -0.1) is 0 Å². The maximum atomic E-state index is 13.3. The third kappa shape index (κ3) is 5.78. The van der Waals surface area contributed by atoms with Crippen LogP contribution in [0.4, 0.5) is 16.8 Å². The zero-order chi connectivity index (χ0) is 31.3. The third-order valence-electron chi connectivity index (χ3n) is 10.3. The molecule has 1 amide bonds. The Morgan fingerprint density at radius 1 is 1.11 bits per heavy atom. The number of benzene rings is 1. The third-order valence-corrected chi connectivity index (χ3v) is 11.3. The highest BCUT2D eigenvalue weighted by Gasteiger charge is 2.51. The van der Waals surface area contributed by atoms with Crippen molar-refractivity contribution in [3.63, 3.8) is 0 Å². The Hall–Kier alpha value is -3.98. The first kappa shape index (κ1) is 29.7. The monoisotopic (exact) mass is 621 g/mol. The molecule has 0 radical (unpaired) electrons. The number of nitrogen functional groups attached to an aromatic ring is 1. The SMILES string of the molecule is C=C(CN(C)c1ccc(-c2cnn(CC34CC5CC(CC(C5)C3)C4)c2C)c(N)n1)/C(=C\CC)C(=O)Nc1nc2ccccc2s1. The Morgan fingerprint density at radius 3 is 2.49 bits per heavy atom. The van der Waals surface area contributed by atoms with Crippen LogP contribution in [-0.2, 0) is 11.3 Å². The topological polar surface area (TPSA) is 102 Å². The minimum absolute atomic E-state index is 0.210. The number of likely N-dealkylation sites (N-methyl/N-ethyl adjacent to an activating group) is 1. The van der Waals surface area contributed by atoms with E-state index < -0.39 is 0 Å². The van der Waals surface area contributed by atoms with E-state index in [1.165, 1.54) is 49.9 Å². The average Bonchev–Trinajstić information content (AvgIpc) is 3.56. The smallest absolute Gasteiger partial charge is 0.257 e. The molecule has 4 fully saturated rings. The lowest BCUT2D eigenvalue weighted by molar-refractivity contribution is -0.112. The summed E-state index contributed by atoms with van der Waals surface area (Å²) in [4.78, 5) is 24.6. The number of fused-ring (bicyclic) bond motifs is 1. The fraction of sp³-hybridized carbons (Fsp3) is 0.444. The van der Waals surface area contributed by atoms with Crippen LogP contribution < -0.4 is 16.0 Å². The van der Waals surface area contributed by atoms with E-state index in [1.807, 2.05) is 67.5 Å². The van der Waals surface area contributed by atoms with E-state index in [0.29, 0.717) is 40.5 Å². The van der Waals surface area contributed by atoms with Gasteiger partial charge in [0.15, 0.2) is 5.13 Å². The van der Waals surface area contributed by atoms with E-state index in [9.17, 15) is 4.79 Å². The molecule has 4 aromatic rings. The molecule has 0 unspecified atom stereocenters. The van der Waals surface area contributed by atoms with Gasteiger partial charge in [-0.3, -0.25) is 14.8 Å². The molecule has 4 saturated carbocycles. The lowest BCUT2D eigenvalue weighted by Crippen LogP contribution is -2.48. The van der Waals surface area contributed by atoms with Crippen molar-refractivity contribution in [3.8, 4) is 11.1 Å². The number of anilines is 3. The number of pyridine rings is 1. The summed E-state index contributed by atoms with van der Waals surface area (Å²) in [6, 6.07) is 11.9. The number of allylic oxidation sites excluding steroid dienone is 1. The Labute approximate surface area is 269 Å². The van der Waals surface area contributed by atoms with E-state index in [0.717, 1.165) is 57.2 Å². The molecule has 3 N–H and O–H groups in total. The lowest BCUT2D eigenvalue weighted by atomic mass is 9.49. The number of amides is 1. The molecule has 4 aliphatic carbocycles. The average molecular weight is 622 g/mol. The van der Waals surface area contributed by atoms with E-state index in [-0.39, 0.29) is 5.91 Å². The van der Waals surface area contributed by atoms with Gasteiger partial charge in [0.25, 0.3) is 5.91 Å². The summed E-state index contributed by atoms with van der Waals surface area (Å²) < 4.78 is 3.26. The van der Waals surface area contributed by atoms with Gasteiger partial charge in [0.2, 0.25) is 0 Å². The number of nitrogens with zero attached hydrogens (tertiary/aromatic N) is 5. The zero-order valence-corrected chi connectivity index (χ0v) is 27.4. The highest BCUT2D eigenvalue weighted by molar-refractivity contribution is 7.22. The summed E-state index contributed by atoms with van der Waals surface area (Å²) in [7, 11) is 1.94. The predicted octanol–water partition coefficient (Wildman–Crippen LogP) is 7.63. The standard InChI is InChI=1S/C36H43N7OS/c1-5-8-27(34(44)41-35-39-30-9-6-7-10-31(30)45-35)22(2)20-42(4)32-12-11-28(33(37)40-32)29-19-38-43(23(29)3)21-36-16-24-13-25(17-36)15-26(14-24)18-36/h6-12,19,24-26H,2,5,13-18,20-21H2,1,3-4H3,(H2,37,40)(H,39,41,44)/b27-8+. The second-order valence-electron chi connectivity index (χ2n) is 13.7. The molecule has 3 aromatic heterocycles. The number of aromatic nitrogens is 4. The molecule has 45 heavy (non-hydrogen) atoms. The molecular formula is C36H43N7OS. The van der Waals surface area contributed by atoms with Crippen molar-refractivity contribution in [3.05, 3.63) is 72.1 Å². The largest absolute Gasteiger partial charge is 0.383 e. The quantitative estimate of drug-likeness (QED) is 0.139. The number of para-hydroxylation sites is 1. The van der Waals surface area contributed by atoms with Crippen LogP contribution in [0, 0.1) is 30.1 Å². The van der Waals surface area contributed by atoms with Crippen LogP contribution in [0.2, 0.25) is 0 Å². The van der Waals surface area contributed by atoms with E-state index in [1.54, 1.807) is 0 Å². The molecule has 8 nitrogen and oxygen atoms in total. The molecule has 9 heteroatoms. The van der Waals surface area contributed by atoms with Crippen molar-refractivity contribution in [1.82, 2.24) is 19.7 Å². The van der Waals surface area contributed by atoms with Gasteiger partial charge in [0.05, 0.1) is 16.4 Å². The van der Waals surface area contributed by atoms with Crippen LogP contribution in [0.1, 0.15) is 57.6 Å². The fourth-order valence-electron chi connectivity index (χ4n) is 8.72. The summed E-state index contributed by atoms with van der Waals surface area (Å²) in [6.45, 7) is 9.87. The van der Waals surface area contributed by atoms with Gasteiger partial charge in [-0.05, 0) is 105 Å². The van der Waals surface area contributed by atoms with Gasteiger partial charge < -0.3 is 10.6 Å². The predicted molar refractivity (Wildman–Crippen MR) is 184 cm³/mol. The summed E-state index contributed by atoms with van der Waals surface area (Å²) in [5, 5.41) is 8.41. The molecule has 234 valence electrons. The molecule has 4 bridgehead atoms. The summed E-state index contributed by atoms with van der Waals surface area (Å²) in [5.41, 5.74) is 12.2. The van der Waals surface area contributed by atoms with Crippen LogP contribution in [0.25, 0.3) is 21.3 Å². The summed E-state index contributed by atoms with van der Waals surface area (Å²) >= 11 is 1.46. The number of carbonyl (C=O) groups is 1. The molecule has 0 saturated heterocycles. The number of nitrogens with one attached hydrogen (secondary N) is 1. The van der Waals surface area contributed by atoms with Gasteiger partial charge in [0.1, 0.15) is 11.6 Å². The van der Waals surface area contributed by atoms with Crippen molar-refractivity contribution in [2.75, 3.05) is 29.5 Å². The van der Waals surface area contributed by atoms with Gasteiger partial charge in [-0.2, -0.15) is 5.10 Å². The van der Waals surface area contributed by atoms with E-state index in [2.05, 4.69) is 28.5 Å². The molecule has 3 heterocycles. The Balaban J connectivity index is 1.03. The maximum Gasteiger partial charge on any atom is 0.257 e. The van der Waals surface area contributed by atoms with Gasteiger partial charge >= 0.3 is 0 Å². The first-order chi connectivity index (χ1) is 21.7. The summed E-state index contributed by atoms with van der Waals surface area (Å²) in [6.07, 6.45) is 13.0. The highest BCUT2D eigenvalue weighted by atomic mass is 32.1. The van der Waals surface area contributed by atoms with Crippen molar-refractivity contribution >= 4 is 44.2 Å². The van der Waals surface area contributed by atoms with Crippen LogP contribution in [-0.4, -0.2) is 39.2 Å². The van der Waals surface area contributed by atoms with Crippen molar-refractivity contribution in [2.24, 2.45) is 23.2 Å². The van der Waals surface area contributed by atoms with Crippen LogP contribution in [0.15, 0.2) is 66.4 Å². The fourth-order valence-corrected chi connectivity index (χ4v) is 9.58. The van der Waals surface area contributed by atoms with E-state index >= 15 is 0 Å². The van der Waals surface area contributed by atoms with Crippen molar-refractivity contribution in [1.29, 1.82) is 0 Å². The first-order valence-electron chi connectivity index (χ1n) is 16.3. The Kier molecular flexibility index (Phi) is 7.76. The molecule has 8 rings (SSSR count). The Morgan fingerprint density at radius 2 is 1.82 bits per heavy atom. The molecule has 0 aliphatic heterocycles. The highest BCUT2D eigenvalue weighted by Crippen LogP contribution is 2.60. The second kappa shape index (κ2) is 11.7. The van der Waals surface area contributed by atoms with Crippen LogP contribution >= 0.6 is 11.3 Å². The number of carbonyl (C=O) groups excluding carboxylic acids is 1. The molecular weight excluding hydrogens is 579 g/mol. The van der Waals surface area contributed by atoms with E-state index in [4.69, 9.17) is 15.8 Å². The Bertz CT molecular complexity index is 1730. The first-order valence-corrected chi connectivity index (χ1v) is 17.1. The number of nitrogens with two attached hydrogens (primary N) is 1. The molecule has 4 aliphatic rings. The van der Waals surface area contributed by atoms with Gasteiger partial charge in [-0.25, -0.2) is 9.97 Å². The van der Waals surface area contributed by atoms with Gasteiger partial charge in [0, 0.05) is 42.5 Å². The normalized spacial score (nSPS) is 23.9. The maximum absolute atomic E-state index is 13.3.